The summed E-state index contributed by atoms with van der Waals surface area (Å²) in [6.45, 7) is 7.88. The topological polar surface area (TPSA) is 50.3 Å². The quantitative estimate of drug-likeness (QED) is 0.549. The Hall–Kier alpha value is -2.92. The second-order valence-corrected chi connectivity index (χ2v) is 8.42. The number of nitrogens with zero attached hydrogens (tertiary/aromatic N) is 3. The molecule has 1 aliphatic rings. The molecule has 5 heteroatoms. The van der Waals surface area contributed by atoms with Gasteiger partial charge < -0.3 is 10.1 Å². The Balaban J connectivity index is 1.21. The predicted octanol–water partition coefficient (Wildman–Crippen LogP) is 5.17. The number of likely N-dealkylation sites (tertiary alicyclic amines) is 1. The minimum Gasteiger partial charge on any atom is -0.492 e. The van der Waals surface area contributed by atoms with Gasteiger partial charge in [-0.25, -0.2) is 9.97 Å². The zero-order valence-corrected chi connectivity index (χ0v) is 18.6. The number of rotatable bonds is 8. The zero-order valence-electron chi connectivity index (χ0n) is 18.6. The monoisotopic (exact) mass is 416 g/mol. The Kier molecular flexibility index (Phi) is 7.15. The van der Waals surface area contributed by atoms with Crippen molar-refractivity contribution >= 4 is 11.5 Å². The minimum absolute atomic E-state index is 0.707. The number of piperidine rings is 1. The zero-order chi connectivity index (χ0) is 21.5. The molecule has 0 radical (unpaired) electrons. The Bertz CT molecular complexity index is 948. The lowest BCUT2D eigenvalue weighted by Gasteiger charge is -2.31. The molecule has 0 spiro atoms. The highest BCUT2D eigenvalue weighted by molar-refractivity contribution is 5.58. The number of anilines is 2. The lowest BCUT2D eigenvalue weighted by Crippen LogP contribution is -2.37. The summed E-state index contributed by atoms with van der Waals surface area (Å²) in [6, 6.07) is 20.9. The summed E-state index contributed by atoms with van der Waals surface area (Å²) in [7, 11) is 0. The van der Waals surface area contributed by atoms with Crippen LogP contribution in [0.25, 0.3) is 0 Å². The van der Waals surface area contributed by atoms with Crippen LogP contribution in [0.2, 0.25) is 0 Å². The summed E-state index contributed by atoms with van der Waals surface area (Å²) >= 11 is 0. The minimum atomic E-state index is 0.707. The van der Waals surface area contributed by atoms with Crippen LogP contribution in [0.5, 0.6) is 5.75 Å². The fourth-order valence-electron chi connectivity index (χ4n) is 4.25. The number of benzene rings is 2. The molecule has 4 rings (SSSR count). The molecule has 31 heavy (non-hydrogen) atoms. The molecule has 1 N–H and O–H groups in total. The van der Waals surface area contributed by atoms with E-state index in [9.17, 15) is 0 Å². The first-order chi connectivity index (χ1) is 15.1. The third-order valence-corrected chi connectivity index (χ3v) is 5.82. The third-order valence-electron chi connectivity index (χ3n) is 5.82. The van der Waals surface area contributed by atoms with Gasteiger partial charge in [0.15, 0.2) is 0 Å². The normalized spacial score (nSPS) is 15.0. The number of nitrogens with one attached hydrogen (secondary N) is 1. The van der Waals surface area contributed by atoms with Crippen LogP contribution in [0.1, 0.15) is 29.9 Å². The fraction of sp³-hybridized carbons (Fsp3) is 0.385. The van der Waals surface area contributed by atoms with E-state index in [0.29, 0.717) is 6.61 Å². The van der Waals surface area contributed by atoms with Crippen molar-refractivity contribution in [3.8, 4) is 5.75 Å². The van der Waals surface area contributed by atoms with E-state index in [0.717, 1.165) is 54.3 Å². The molecule has 0 aliphatic carbocycles. The van der Waals surface area contributed by atoms with Crippen molar-refractivity contribution in [2.75, 3.05) is 31.6 Å². The maximum absolute atomic E-state index is 6.04. The fourth-order valence-corrected chi connectivity index (χ4v) is 4.25. The highest BCUT2D eigenvalue weighted by Crippen LogP contribution is 2.23. The van der Waals surface area contributed by atoms with E-state index in [4.69, 9.17) is 4.74 Å². The van der Waals surface area contributed by atoms with E-state index in [1.807, 2.05) is 44.2 Å². The Morgan fingerprint density at radius 1 is 0.968 bits per heavy atom. The molecule has 5 nitrogen and oxygen atoms in total. The first kappa shape index (κ1) is 21.3. The van der Waals surface area contributed by atoms with Gasteiger partial charge in [0.05, 0.1) is 0 Å². The van der Waals surface area contributed by atoms with Crippen LogP contribution in [-0.2, 0) is 6.42 Å². The van der Waals surface area contributed by atoms with E-state index < -0.39 is 0 Å². The third kappa shape index (κ3) is 6.53. The van der Waals surface area contributed by atoms with Gasteiger partial charge in [-0.05, 0) is 69.8 Å². The molecule has 0 bridgehead atoms. The second-order valence-electron chi connectivity index (χ2n) is 8.42. The number of hydrogen-bond acceptors (Lipinski definition) is 5. The molecule has 2 aromatic carbocycles. The van der Waals surface area contributed by atoms with Gasteiger partial charge >= 0.3 is 0 Å². The molecule has 1 saturated heterocycles. The predicted molar refractivity (Wildman–Crippen MR) is 126 cm³/mol. The first-order valence-electron chi connectivity index (χ1n) is 11.2. The number of ether oxygens (including phenoxy) is 1. The average Bonchev–Trinajstić information content (AvgIpc) is 2.75. The molecule has 1 fully saturated rings. The van der Waals surface area contributed by atoms with E-state index >= 15 is 0 Å². The summed E-state index contributed by atoms with van der Waals surface area (Å²) in [5.41, 5.74) is 3.39. The molecule has 2 heterocycles. The molecular weight excluding hydrogens is 384 g/mol. The maximum atomic E-state index is 6.04. The van der Waals surface area contributed by atoms with Crippen LogP contribution < -0.4 is 10.1 Å². The summed E-state index contributed by atoms with van der Waals surface area (Å²) in [6.07, 6.45) is 3.74. The van der Waals surface area contributed by atoms with E-state index in [1.54, 1.807) is 0 Å². The summed E-state index contributed by atoms with van der Waals surface area (Å²) in [5.74, 6) is 3.26. The van der Waals surface area contributed by atoms with Crippen LogP contribution in [0.4, 0.5) is 11.5 Å². The summed E-state index contributed by atoms with van der Waals surface area (Å²) < 4.78 is 6.04. The van der Waals surface area contributed by atoms with Crippen LogP contribution in [0, 0.1) is 19.8 Å². The van der Waals surface area contributed by atoms with Crippen LogP contribution in [0.3, 0.4) is 0 Å². The Labute approximate surface area is 185 Å². The SMILES string of the molecule is Cc1cc(Nc2cccc(OCCN3CCC(Cc4ccccc4)CC3)c2)nc(C)n1. The second kappa shape index (κ2) is 10.4. The average molecular weight is 417 g/mol. The van der Waals surface area contributed by atoms with Gasteiger partial charge in [-0.2, -0.15) is 0 Å². The van der Waals surface area contributed by atoms with Gasteiger partial charge in [-0.3, -0.25) is 4.90 Å². The van der Waals surface area contributed by atoms with E-state index in [-0.39, 0.29) is 0 Å². The molecule has 0 saturated carbocycles. The van der Waals surface area contributed by atoms with Crippen molar-refractivity contribution in [3.63, 3.8) is 0 Å². The van der Waals surface area contributed by atoms with Crippen molar-refractivity contribution in [1.29, 1.82) is 0 Å². The van der Waals surface area contributed by atoms with Crippen molar-refractivity contribution in [1.82, 2.24) is 14.9 Å². The van der Waals surface area contributed by atoms with Crippen LogP contribution in [0.15, 0.2) is 60.7 Å². The Morgan fingerprint density at radius 3 is 2.55 bits per heavy atom. The largest absolute Gasteiger partial charge is 0.492 e. The lowest BCUT2D eigenvalue weighted by molar-refractivity contribution is 0.155. The molecule has 162 valence electrons. The molecule has 0 atom stereocenters. The first-order valence-corrected chi connectivity index (χ1v) is 11.2. The van der Waals surface area contributed by atoms with Gasteiger partial charge in [0.25, 0.3) is 0 Å². The lowest BCUT2D eigenvalue weighted by atomic mass is 9.90. The van der Waals surface area contributed by atoms with Crippen molar-refractivity contribution < 1.29 is 4.74 Å². The molecule has 1 aliphatic heterocycles. The molecular formula is C26H32N4O. The van der Waals surface area contributed by atoms with E-state index in [2.05, 4.69) is 50.5 Å². The van der Waals surface area contributed by atoms with Crippen molar-refractivity contribution in [2.45, 2.75) is 33.1 Å². The summed E-state index contributed by atoms with van der Waals surface area (Å²) in [4.78, 5) is 11.3. The molecule has 1 aromatic heterocycles. The smallest absolute Gasteiger partial charge is 0.134 e. The van der Waals surface area contributed by atoms with Gasteiger partial charge in [0, 0.05) is 30.1 Å². The molecule has 0 unspecified atom stereocenters. The van der Waals surface area contributed by atoms with Crippen LogP contribution in [-0.4, -0.2) is 41.1 Å². The Morgan fingerprint density at radius 2 is 1.77 bits per heavy atom. The number of aryl methyl sites for hydroxylation is 2. The number of aromatic nitrogens is 2. The van der Waals surface area contributed by atoms with Gasteiger partial charge in [0.2, 0.25) is 0 Å². The van der Waals surface area contributed by atoms with Crippen molar-refractivity contribution in [3.05, 3.63) is 77.7 Å². The van der Waals surface area contributed by atoms with Crippen LogP contribution >= 0.6 is 0 Å². The number of hydrogen-bond donors (Lipinski definition) is 1. The highest BCUT2D eigenvalue weighted by atomic mass is 16.5. The summed E-state index contributed by atoms with van der Waals surface area (Å²) in [5, 5.41) is 3.35. The van der Waals surface area contributed by atoms with E-state index in [1.165, 1.54) is 24.8 Å². The van der Waals surface area contributed by atoms with Crippen molar-refractivity contribution in [2.24, 2.45) is 5.92 Å². The molecule has 0 amide bonds. The maximum Gasteiger partial charge on any atom is 0.134 e. The standard InChI is InChI=1S/C26H32N4O/c1-20-17-26(28-21(2)27-20)29-24-9-6-10-25(19-24)31-16-15-30-13-11-23(12-14-30)18-22-7-4-3-5-8-22/h3-10,17,19,23H,11-16,18H2,1-2H3,(H,27,28,29). The van der Waals surface area contributed by atoms with Gasteiger partial charge in [0.1, 0.15) is 24.0 Å². The van der Waals surface area contributed by atoms with Gasteiger partial charge in [-0.15, -0.1) is 0 Å². The van der Waals surface area contributed by atoms with Gasteiger partial charge in [-0.1, -0.05) is 36.4 Å². The highest BCUT2D eigenvalue weighted by Gasteiger charge is 2.19. The molecule has 3 aromatic rings.